The lowest BCUT2D eigenvalue weighted by molar-refractivity contribution is 0.0559. The first-order chi connectivity index (χ1) is 8.08. The third-order valence-electron chi connectivity index (χ3n) is 4.59. The molecule has 1 unspecified atom stereocenters. The molecule has 0 radical (unpaired) electrons. The fraction of sp³-hybridized carbons (Fsp3) is 1.00. The zero-order valence-corrected chi connectivity index (χ0v) is 12.2. The number of piperazine rings is 1. The topological polar surface area (TPSA) is 6.48 Å². The second-order valence-electron chi connectivity index (χ2n) is 6.66. The predicted octanol–water partition coefficient (Wildman–Crippen LogP) is 2.84. The van der Waals surface area contributed by atoms with Crippen molar-refractivity contribution in [2.75, 3.05) is 26.2 Å². The largest absolute Gasteiger partial charge is 0.298 e. The van der Waals surface area contributed by atoms with Crippen molar-refractivity contribution in [3.63, 3.8) is 0 Å². The lowest BCUT2D eigenvalue weighted by atomic mass is 9.96. The average molecular weight is 238 g/mol. The van der Waals surface area contributed by atoms with Crippen LogP contribution in [0.2, 0.25) is 0 Å². The van der Waals surface area contributed by atoms with E-state index in [0.29, 0.717) is 0 Å². The molecule has 2 fully saturated rings. The van der Waals surface area contributed by atoms with Gasteiger partial charge in [-0.1, -0.05) is 26.7 Å². The standard InChI is InChI=1S/C15H30N2/c1-12(2)15(11-14-5-6-14)17-9-7-16(8-10-17)13(3)4/h12-15H,5-11H2,1-4H3. The second-order valence-corrected chi connectivity index (χ2v) is 6.66. The Kier molecular flexibility index (Phi) is 4.48. The van der Waals surface area contributed by atoms with Crippen molar-refractivity contribution >= 4 is 0 Å². The molecule has 1 heterocycles. The molecule has 2 heteroatoms. The van der Waals surface area contributed by atoms with E-state index in [2.05, 4.69) is 37.5 Å². The molecule has 1 atom stereocenters. The first-order valence-electron chi connectivity index (χ1n) is 7.56. The Balaban J connectivity index is 1.83. The smallest absolute Gasteiger partial charge is 0.0122 e. The van der Waals surface area contributed by atoms with Gasteiger partial charge in [-0.2, -0.15) is 0 Å². The number of rotatable bonds is 5. The summed E-state index contributed by atoms with van der Waals surface area (Å²) < 4.78 is 0. The minimum absolute atomic E-state index is 0.720. The van der Waals surface area contributed by atoms with Crippen LogP contribution in [0, 0.1) is 11.8 Å². The zero-order chi connectivity index (χ0) is 12.4. The van der Waals surface area contributed by atoms with E-state index in [4.69, 9.17) is 0 Å². The zero-order valence-electron chi connectivity index (χ0n) is 12.2. The maximum absolute atomic E-state index is 2.77. The van der Waals surface area contributed by atoms with Crippen LogP contribution in [0.3, 0.4) is 0 Å². The van der Waals surface area contributed by atoms with E-state index in [9.17, 15) is 0 Å². The lowest BCUT2D eigenvalue weighted by Gasteiger charge is -2.42. The van der Waals surface area contributed by atoms with Crippen LogP contribution in [0.4, 0.5) is 0 Å². The van der Waals surface area contributed by atoms with E-state index >= 15 is 0 Å². The van der Waals surface area contributed by atoms with Crippen LogP contribution in [0.15, 0.2) is 0 Å². The molecule has 0 spiro atoms. The Morgan fingerprint density at radius 2 is 1.41 bits per heavy atom. The van der Waals surface area contributed by atoms with Gasteiger partial charge in [-0.3, -0.25) is 9.80 Å². The Bertz CT molecular complexity index is 225. The number of hydrogen-bond acceptors (Lipinski definition) is 2. The number of nitrogens with zero attached hydrogens (tertiary/aromatic N) is 2. The SMILES string of the molecule is CC(C)C(CC1CC1)N1CCN(C(C)C)CC1. The summed E-state index contributed by atoms with van der Waals surface area (Å²) in [6.07, 6.45) is 4.45. The molecule has 0 aromatic rings. The molecule has 100 valence electrons. The van der Waals surface area contributed by atoms with Gasteiger partial charge >= 0.3 is 0 Å². The molecule has 1 saturated carbocycles. The van der Waals surface area contributed by atoms with Crippen molar-refractivity contribution in [3.05, 3.63) is 0 Å². The van der Waals surface area contributed by atoms with E-state index in [1.807, 2.05) is 0 Å². The van der Waals surface area contributed by atoms with Crippen LogP contribution in [-0.4, -0.2) is 48.1 Å². The summed E-state index contributed by atoms with van der Waals surface area (Å²) in [5, 5.41) is 0. The normalized spacial score (nSPS) is 25.8. The molecule has 1 aliphatic heterocycles. The summed E-state index contributed by atoms with van der Waals surface area (Å²) in [5.41, 5.74) is 0. The van der Waals surface area contributed by atoms with Crippen LogP contribution in [0.25, 0.3) is 0 Å². The first kappa shape index (κ1) is 13.4. The van der Waals surface area contributed by atoms with Crippen LogP contribution in [-0.2, 0) is 0 Å². The summed E-state index contributed by atoms with van der Waals surface area (Å²) in [6, 6.07) is 1.56. The molecule has 1 saturated heterocycles. The molecular formula is C15H30N2. The Labute approximate surface area is 107 Å². The van der Waals surface area contributed by atoms with Crippen molar-refractivity contribution in [1.82, 2.24) is 9.80 Å². The van der Waals surface area contributed by atoms with Crippen LogP contribution in [0.1, 0.15) is 47.0 Å². The van der Waals surface area contributed by atoms with Crippen LogP contribution in [0.5, 0.6) is 0 Å². The maximum Gasteiger partial charge on any atom is 0.0122 e. The first-order valence-corrected chi connectivity index (χ1v) is 7.56. The third kappa shape index (κ3) is 3.69. The summed E-state index contributed by atoms with van der Waals surface area (Å²) >= 11 is 0. The monoisotopic (exact) mass is 238 g/mol. The van der Waals surface area contributed by atoms with Gasteiger partial charge in [0.25, 0.3) is 0 Å². The highest BCUT2D eigenvalue weighted by Crippen LogP contribution is 2.36. The Hall–Kier alpha value is -0.0800. The summed E-state index contributed by atoms with van der Waals surface area (Å²) in [6.45, 7) is 14.6. The van der Waals surface area contributed by atoms with Gasteiger partial charge in [0.2, 0.25) is 0 Å². The Morgan fingerprint density at radius 3 is 1.82 bits per heavy atom. The van der Waals surface area contributed by atoms with Crippen molar-refractivity contribution in [2.24, 2.45) is 11.8 Å². The molecule has 0 amide bonds. The van der Waals surface area contributed by atoms with Gasteiger partial charge in [-0.15, -0.1) is 0 Å². The highest BCUT2D eigenvalue weighted by molar-refractivity contribution is 4.86. The molecule has 0 bridgehead atoms. The highest BCUT2D eigenvalue weighted by atomic mass is 15.3. The van der Waals surface area contributed by atoms with Crippen molar-refractivity contribution in [2.45, 2.75) is 59.0 Å². The minimum atomic E-state index is 0.720. The van der Waals surface area contributed by atoms with E-state index in [1.165, 1.54) is 45.4 Å². The van der Waals surface area contributed by atoms with E-state index < -0.39 is 0 Å². The molecule has 2 nitrogen and oxygen atoms in total. The van der Waals surface area contributed by atoms with Gasteiger partial charge in [0.1, 0.15) is 0 Å². The average Bonchev–Trinajstić information content (AvgIpc) is 3.09. The summed E-state index contributed by atoms with van der Waals surface area (Å²) in [5.74, 6) is 1.88. The van der Waals surface area contributed by atoms with Crippen molar-refractivity contribution in [3.8, 4) is 0 Å². The summed E-state index contributed by atoms with van der Waals surface area (Å²) in [7, 11) is 0. The van der Waals surface area contributed by atoms with Crippen LogP contribution >= 0.6 is 0 Å². The predicted molar refractivity (Wildman–Crippen MR) is 74.2 cm³/mol. The fourth-order valence-corrected chi connectivity index (χ4v) is 3.12. The van der Waals surface area contributed by atoms with E-state index in [0.717, 1.165) is 23.9 Å². The van der Waals surface area contributed by atoms with Crippen molar-refractivity contribution in [1.29, 1.82) is 0 Å². The van der Waals surface area contributed by atoms with Gasteiger partial charge in [0.05, 0.1) is 0 Å². The summed E-state index contributed by atoms with van der Waals surface area (Å²) in [4.78, 5) is 5.38. The van der Waals surface area contributed by atoms with Crippen LogP contribution < -0.4 is 0 Å². The molecular weight excluding hydrogens is 208 g/mol. The van der Waals surface area contributed by atoms with E-state index in [-0.39, 0.29) is 0 Å². The van der Waals surface area contributed by atoms with Gasteiger partial charge in [0.15, 0.2) is 0 Å². The molecule has 0 aromatic carbocycles. The van der Waals surface area contributed by atoms with E-state index in [1.54, 1.807) is 0 Å². The molecule has 0 aromatic heterocycles. The quantitative estimate of drug-likeness (QED) is 0.727. The fourth-order valence-electron chi connectivity index (χ4n) is 3.12. The lowest BCUT2D eigenvalue weighted by Crippen LogP contribution is -2.53. The molecule has 2 aliphatic rings. The molecule has 0 N–H and O–H groups in total. The Morgan fingerprint density at radius 1 is 0.882 bits per heavy atom. The molecule has 2 rings (SSSR count). The number of hydrogen-bond donors (Lipinski definition) is 0. The van der Waals surface area contributed by atoms with Gasteiger partial charge in [-0.25, -0.2) is 0 Å². The third-order valence-corrected chi connectivity index (χ3v) is 4.59. The molecule has 17 heavy (non-hydrogen) atoms. The molecule has 1 aliphatic carbocycles. The second kappa shape index (κ2) is 5.71. The minimum Gasteiger partial charge on any atom is -0.298 e. The van der Waals surface area contributed by atoms with Gasteiger partial charge in [-0.05, 0) is 32.1 Å². The van der Waals surface area contributed by atoms with Gasteiger partial charge < -0.3 is 0 Å². The maximum atomic E-state index is 2.77. The highest BCUT2D eigenvalue weighted by Gasteiger charge is 2.32. The van der Waals surface area contributed by atoms with Gasteiger partial charge in [0, 0.05) is 38.3 Å². The van der Waals surface area contributed by atoms with Crippen molar-refractivity contribution < 1.29 is 0 Å².